The summed E-state index contributed by atoms with van der Waals surface area (Å²) < 4.78 is 82.2. The van der Waals surface area contributed by atoms with Gasteiger partial charge < -0.3 is 19.9 Å². The van der Waals surface area contributed by atoms with Crippen LogP contribution in [0, 0.1) is 5.82 Å². The Balaban J connectivity index is 0.000000256. The van der Waals surface area contributed by atoms with Crippen molar-refractivity contribution < 1.29 is 48.5 Å². The van der Waals surface area contributed by atoms with Gasteiger partial charge in [0.1, 0.15) is 17.0 Å². The Morgan fingerprint density at radius 3 is 2.24 bits per heavy atom. The van der Waals surface area contributed by atoms with E-state index in [-0.39, 0.29) is 24.0 Å². The van der Waals surface area contributed by atoms with Crippen LogP contribution in [0.1, 0.15) is 0 Å². The van der Waals surface area contributed by atoms with Gasteiger partial charge in [-0.2, -0.15) is 0 Å². The normalized spacial score (nSPS) is 12.2. The van der Waals surface area contributed by atoms with Gasteiger partial charge in [0.15, 0.2) is 11.5 Å². The number of benzene rings is 1. The fourth-order valence-corrected chi connectivity index (χ4v) is 4.97. The molecular formula is C33H38ClF7N13O3P. The Hall–Kier alpha value is -6.09. The third kappa shape index (κ3) is 12.7. The van der Waals surface area contributed by atoms with E-state index in [1.807, 2.05) is 79.9 Å². The van der Waals surface area contributed by atoms with Crippen LogP contribution < -0.4 is 19.8 Å². The number of carbonyl (C=O) groups excluding carboxylic acids is 1. The molecule has 5 heterocycles. The number of aromatic nitrogens is 8. The van der Waals surface area contributed by atoms with Gasteiger partial charge in [0, 0.05) is 45.3 Å². The van der Waals surface area contributed by atoms with Crippen molar-refractivity contribution >= 4 is 65.5 Å². The van der Waals surface area contributed by atoms with Crippen LogP contribution in [0.4, 0.5) is 46.9 Å². The molecule has 0 atom stereocenters. The van der Waals surface area contributed by atoms with E-state index in [2.05, 4.69) is 35.6 Å². The quantitative estimate of drug-likeness (QED) is 0.0572. The molecule has 16 nitrogen and oxygen atoms in total. The summed E-state index contributed by atoms with van der Waals surface area (Å²) in [6.45, 7) is 0.229. The monoisotopic (exact) mass is 863 g/mol. The van der Waals surface area contributed by atoms with Gasteiger partial charge in [-0.25, -0.2) is 33.8 Å². The maximum atomic E-state index is 14.1. The van der Waals surface area contributed by atoms with Gasteiger partial charge in [-0.15, -0.1) is 5.10 Å². The molecule has 1 N–H and O–H groups in total. The molecule has 0 unspecified atom stereocenters. The van der Waals surface area contributed by atoms with Crippen molar-refractivity contribution in [3.05, 3.63) is 78.1 Å². The van der Waals surface area contributed by atoms with E-state index in [1.54, 1.807) is 44.1 Å². The predicted octanol–water partition coefficient (Wildman–Crippen LogP) is 6.69. The average Bonchev–Trinajstić information content (AvgIpc) is 3.75. The molecule has 6 aromatic rings. The standard InChI is InChI=1S/C23H23ClFN7O2.C10H15N6O.F6P/c1-30(2)20(33)13-31(3)14-7-8-17(19(10-14)34-4)28-23-27-11-15(24)21(29-23)18-12-26-22-16(25)6-5-9-32(18)22;1-14(2)10(15(3)4)17-16-9-8(12-13-16)6-5-7-11-9;1-7(2,3,4,5)6/h5-12H,13H2,1-4H3,(H,27,28,29);5-7H,1-4H3;/q;+1;-1. The van der Waals surface area contributed by atoms with Crippen LogP contribution in [-0.4, -0.2) is 129 Å². The summed E-state index contributed by atoms with van der Waals surface area (Å²) in [4.78, 5) is 41.3. The number of imidazole rings is 1. The van der Waals surface area contributed by atoms with Gasteiger partial charge in [0.2, 0.25) is 17.5 Å². The molecule has 58 heavy (non-hydrogen) atoms. The number of methoxy groups -OCH3 is 1. The van der Waals surface area contributed by atoms with Crippen molar-refractivity contribution in [2.45, 2.75) is 0 Å². The van der Waals surface area contributed by atoms with Gasteiger partial charge in [-0.1, -0.05) is 11.6 Å². The Morgan fingerprint density at radius 1 is 0.931 bits per heavy atom. The van der Waals surface area contributed by atoms with Crippen molar-refractivity contribution in [3.63, 3.8) is 0 Å². The summed E-state index contributed by atoms with van der Waals surface area (Å²) in [6, 6.07) is 12.7. The van der Waals surface area contributed by atoms with E-state index in [9.17, 15) is 34.4 Å². The van der Waals surface area contributed by atoms with Gasteiger partial charge >= 0.3 is 39.0 Å². The minimum atomic E-state index is -10.7. The number of fused-ring (bicyclic) bond motifs is 2. The first kappa shape index (κ1) is 44.6. The van der Waals surface area contributed by atoms with Gasteiger partial charge in [-0.05, 0) is 46.5 Å². The van der Waals surface area contributed by atoms with Gasteiger partial charge in [-0.3, -0.25) is 14.0 Å². The van der Waals surface area contributed by atoms with Gasteiger partial charge in [0.05, 0.1) is 70.6 Å². The van der Waals surface area contributed by atoms with Crippen LogP contribution in [-0.2, 0) is 4.79 Å². The third-order valence-electron chi connectivity index (χ3n) is 7.33. The zero-order valence-corrected chi connectivity index (χ0v) is 33.8. The Bertz CT molecular complexity index is 2430. The second kappa shape index (κ2) is 16.8. The van der Waals surface area contributed by atoms with Crippen molar-refractivity contribution in [1.82, 2.24) is 49.3 Å². The number of hydrogen-bond acceptors (Lipinski definition) is 11. The first-order chi connectivity index (χ1) is 26.8. The molecule has 0 fully saturated rings. The van der Waals surface area contributed by atoms with Crippen LogP contribution in [0.2, 0.25) is 5.02 Å². The molecule has 5 aromatic heterocycles. The molecule has 1 aromatic carbocycles. The number of anilines is 3. The van der Waals surface area contributed by atoms with E-state index < -0.39 is 13.6 Å². The molecule has 0 saturated heterocycles. The van der Waals surface area contributed by atoms with Crippen LogP contribution in [0.25, 0.3) is 28.2 Å². The number of pyridine rings is 2. The summed E-state index contributed by atoms with van der Waals surface area (Å²) in [5, 5.41) is 11.3. The van der Waals surface area contributed by atoms with Crippen LogP contribution in [0.15, 0.2) is 67.3 Å². The molecule has 0 aliphatic carbocycles. The molecule has 0 bridgehead atoms. The maximum absolute atomic E-state index is 14.1. The Morgan fingerprint density at radius 2 is 1.62 bits per heavy atom. The molecule has 0 radical (unpaired) electrons. The number of rotatable bonds is 8. The van der Waals surface area contributed by atoms with Crippen LogP contribution >= 0.6 is 19.4 Å². The van der Waals surface area contributed by atoms with Gasteiger partial charge in [0.25, 0.3) is 0 Å². The minimum absolute atomic E-state index is 0.0157. The summed E-state index contributed by atoms with van der Waals surface area (Å²) in [7, 11) is 3.72. The zero-order chi connectivity index (χ0) is 43.2. The molecule has 0 aliphatic heterocycles. The average molecular weight is 864 g/mol. The van der Waals surface area contributed by atoms with E-state index in [0.717, 1.165) is 5.69 Å². The molecule has 0 aliphatic rings. The number of ether oxygens (including phenoxy) is 1. The Kier molecular flexibility index (Phi) is 12.9. The van der Waals surface area contributed by atoms with E-state index >= 15 is 0 Å². The third-order valence-corrected chi connectivity index (χ3v) is 7.61. The fourth-order valence-electron chi connectivity index (χ4n) is 4.78. The predicted molar refractivity (Wildman–Crippen MR) is 206 cm³/mol. The van der Waals surface area contributed by atoms with Crippen molar-refractivity contribution in [2.75, 3.05) is 73.2 Å². The summed E-state index contributed by atoms with van der Waals surface area (Å²) in [5.74, 6) is 0.351. The molecule has 25 heteroatoms. The first-order valence-electron chi connectivity index (χ1n) is 16.5. The van der Waals surface area contributed by atoms with Crippen molar-refractivity contribution in [3.8, 4) is 17.1 Å². The number of nitrogens with one attached hydrogen (secondary N) is 1. The molecule has 0 spiro atoms. The number of hydrogen-bond donors (Lipinski definition) is 1. The molecule has 0 saturated carbocycles. The second-order valence-electron chi connectivity index (χ2n) is 12.7. The SMILES string of the molecule is CN(C)C(On1nnc2cccnc21)=[N+](C)C.COc1cc(N(C)CC(=O)N(C)C)ccc1Nc1ncc(Cl)c(-c2cnc3c(F)cccn23)n1.F[P-](F)(F)(F)(F)F. The van der Waals surface area contributed by atoms with E-state index in [0.29, 0.717) is 45.0 Å². The Labute approximate surface area is 331 Å². The van der Waals surface area contributed by atoms with Crippen molar-refractivity contribution in [2.24, 2.45) is 0 Å². The van der Waals surface area contributed by atoms with E-state index in [1.165, 1.54) is 28.2 Å². The number of amides is 1. The fraction of sp³-hybridized carbons (Fsp3) is 0.273. The number of amidine groups is 1. The summed E-state index contributed by atoms with van der Waals surface area (Å²) in [5.41, 5.74) is 3.82. The number of likely N-dealkylation sites (N-methyl/N-ethyl adjacent to an activating group) is 2. The van der Waals surface area contributed by atoms with Crippen LogP contribution in [0.3, 0.4) is 0 Å². The van der Waals surface area contributed by atoms with E-state index in [4.69, 9.17) is 21.2 Å². The molecule has 1 amide bonds. The zero-order valence-electron chi connectivity index (χ0n) is 32.1. The van der Waals surface area contributed by atoms with Crippen LogP contribution in [0.5, 0.6) is 5.75 Å². The molecule has 314 valence electrons. The molecule has 6 rings (SSSR count). The van der Waals surface area contributed by atoms with Crippen molar-refractivity contribution in [1.29, 1.82) is 0 Å². The topological polar surface area (TPSA) is 147 Å². The summed E-state index contributed by atoms with van der Waals surface area (Å²) in [6.07, 6.45) is 6.34. The number of halogens is 8. The first-order valence-corrected chi connectivity index (χ1v) is 18.9. The number of carbonyl (C=O) groups is 1. The molecular weight excluding hydrogens is 826 g/mol. The second-order valence-corrected chi connectivity index (χ2v) is 15.0. The summed E-state index contributed by atoms with van der Waals surface area (Å²) >= 11 is 6.36. The number of nitrogens with zero attached hydrogens (tertiary/aromatic N) is 12.